The van der Waals surface area contributed by atoms with E-state index in [0.717, 1.165) is 25.9 Å². The van der Waals surface area contributed by atoms with Gasteiger partial charge in [0.25, 0.3) is 5.56 Å². The Morgan fingerprint density at radius 3 is 2.58 bits per heavy atom. The number of primary amides is 1. The molecule has 8 heteroatoms. The van der Waals surface area contributed by atoms with Gasteiger partial charge in [-0.15, -0.1) is 0 Å². The fourth-order valence-electron chi connectivity index (χ4n) is 4.23. The summed E-state index contributed by atoms with van der Waals surface area (Å²) >= 11 is 0. The molecule has 0 radical (unpaired) electrons. The number of methoxy groups -OCH3 is 2. The lowest BCUT2D eigenvalue weighted by Crippen LogP contribution is -3.12. The molecule has 1 aliphatic heterocycles. The molecule has 3 N–H and O–H groups in total. The van der Waals surface area contributed by atoms with Crippen molar-refractivity contribution in [2.45, 2.75) is 19.4 Å². The van der Waals surface area contributed by atoms with E-state index in [1.807, 2.05) is 18.2 Å². The van der Waals surface area contributed by atoms with Gasteiger partial charge in [-0.25, -0.2) is 4.98 Å². The van der Waals surface area contributed by atoms with Crippen LogP contribution in [-0.4, -0.2) is 42.8 Å². The molecule has 1 fully saturated rings. The van der Waals surface area contributed by atoms with E-state index in [2.05, 4.69) is 0 Å². The standard InChI is InChI=1S/C23H26N4O4/c1-30-16-7-8-20(31-2)19(13-16)27-21(14-26-11-9-15(10-12-26)22(24)28)25-18-6-4-3-5-17(18)23(27)29/h3-8,13,15H,9-12,14H2,1-2H3,(H2,24,28)/p+1. The van der Waals surface area contributed by atoms with Gasteiger partial charge < -0.3 is 20.1 Å². The number of ether oxygens (including phenoxy) is 2. The van der Waals surface area contributed by atoms with Crippen molar-refractivity contribution >= 4 is 16.8 Å². The Morgan fingerprint density at radius 1 is 1.16 bits per heavy atom. The summed E-state index contributed by atoms with van der Waals surface area (Å²) in [6, 6.07) is 12.7. The second kappa shape index (κ2) is 8.77. The van der Waals surface area contributed by atoms with Gasteiger partial charge in [0.15, 0.2) is 5.82 Å². The number of carbonyl (C=O) groups excluding carboxylic acids is 1. The molecule has 0 bridgehead atoms. The third-order valence-corrected chi connectivity index (χ3v) is 5.98. The van der Waals surface area contributed by atoms with E-state index in [4.69, 9.17) is 20.2 Å². The Kier molecular flexibility index (Phi) is 5.90. The summed E-state index contributed by atoms with van der Waals surface area (Å²) in [7, 11) is 3.16. The highest BCUT2D eigenvalue weighted by Crippen LogP contribution is 2.28. The molecule has 0 saturated carbocycles. The SMILES string of the molecule is COc1ccc(OC)c(-n2c(C[NH+]3CCC(C(N)=O)CC3)nc3ccccc3c2=O)c1. The van der Waals surface area contributed by atoms with Crippen LogP contribution in [0.25, 0.3) is 16.6 Å². The van der Waals surface area contributed by atoms with Gasteiger partial charge in [-0.05, 0) is 24.3 Å². The normalized spacial score (nSPS) is 18.6. The lowest BCUT2D eigenvalue weighted by atomic mass is 9.96. The number of nitrogens with one attached hydrogen (secondary N) is 1. The van der Waals surface area contributed by atoms with Crippen LogP contribution >= 0.6 is 0 Å². The Balaban J connectivity index is 1.82. The first-order valence-electron chi connectivity index (χ1n) is 10.4. The summed E-state index contributed by atoms with van der Waals surface area (Å²) in [6.07, 6.45) is 1.48. The third-order valence-electron chi connectivity index (χ3n) is 5.98. The van der Waals surface area contributed by atoms with E-state index < -0.39 is 0 Å². The Hall–Kier alpha value is -3.39. The zero-order chi connectivity index (χ0) is 22.0. The summed E-state index contributed by atoms with van der Waals surface area (Å²) in [5, 5.41) is 0.540. The van der Waals surface area contributed by atoms with Crippen molar-refractivity contribution in [1.29, 1.82) is 0 Å². The molecule has 4 rings (SSSR count). The molecule has 2 aromatic carbocycles. The number of hydrogen-bond donors (Lipinski definition) is 2. The molecule has 162 valence electrons. The fourth-order valence-corrected chi connectivity index (χ4v) is 4.23. The highest BCUT2D eigenvalue weighted by molar-refractivity contribution is 5.78. The first-order chi connectivity index (χ1) is 15.0. The predicted octanol–water partition coefficient (Wildman–Crippen LogP) is 0.683. The smallest absolute Gasteiger partial charge is 0.266 e. The number of fused-ring (bicyclic) bond motifs is 1. The number of para-hydroxylation sites is 1. The predicted molar refractivity (Wildman–Crippen MR) is 117 cm³/mol. The quantitative estimate of drug-likeness (QED) is 0.607. The number of rotatable bonds is 6. The van der Waals surface area contributed by atoms with Crippen LogP contribution in [-0.2, 0) is 11.3 Å². The summed E-state index contributed by atoms with van der Waals surface area (Å²) in [6.45, 7) is 2.14. The maximum Gasteiger partial charge on any atom is 0.266 e. The number of amides is 1. The van der Waals surface area contributed by atoms with Crippen molar-refractivity contribution in [3.05, 3.63) is 58.6 Å². The van der Waals surface area contributed by atoms with Gasteiger partial charge >= 0.3 is 0 Å². The number of aromatic nitrogens is 2. The van der Waals surface area contributed by atoms with Crippen molar-refractivity contribution in [1.82, 2.24) is 9.55 Å². The molecule has 2 heterocycles. The average Bonchev–Trinajstić information content (AvgIpc) is 2.79. The van der Waals surface area contributed by atoms with E-state index in [1.54, 1.807) is 43.1 Å². The second-order valence-electron chi connectivity index (χ2n) is 7.83. The number of quaternary nitrogens is 1. The monoisotopic (exact) mass is 423 g/mol. The minimum absolute atomic E-state index is 0.0750. The Labute approximate surface area is 180 Å². The third kappa shape index (κ3) is 4.11. The average molecular weight is 423 g/mol. The number of nitrogens with zero attached hydrogens (tertiary/aromatic N) is 2. The summed E-state index contributed by atoms with van der Waals surface area (Å²) < 4.78 is 12.6. The first kappa shape index (κ1) is 20.9. The van der Waals surface area contributed by atoms with Crippen molar-refractivity contribution < 1.29 is 19.2 Å². The van der Waals surface area contributed by atoms with E-state index in [9.17, 15) is 9.59 Å². The van der Waals surface area contributed by atoms with Gasteiger partial charge in [-0.3, -0.25) is 14.2 Å². The maximum atomic E-state index is 13.6. The van der Waals surface area contributed by atoms with E-state index >= 15 is 0 Å². The lowest BCUT2D eigenvalue weighted by Gasteiger charge is -2.28. The van der Waals surface area contributed by atoms with Crippen LogP contribution in [0.1, 0.15) is 18.7 Å². The zero-order valence-electron chi connectivity index (χ0n) is 17.8. The molecule has 0 atom stereocenters. The van der Waals surface area contributed by atoms with E-state index in [1.165, 1.54) is 4.90 Å². The van der Waals surface area contributed by atoms with Gasteiger partial charge in [-0.1, -0.05) is 12.1 Å². The van der Waals surface area contributed by atoms with Crippen LogP contribution in [0.15, 0.2) is 47.3 Å². The van der Waals surface area contributed by atoms with Crippen molar-refractivity contribution in [2.75, 3.05) is 27.3 Å². The van der Waals surface area contributed by atoms with E-state index in [0.29, 0.717) is 40.5 Å². The maximum absolute atomic E-state index is 13.6. The summed E-state index contributed by atoms with van der Waals surface area (Å²) in [5.41, 5.74) is 6.57. The van der Waals surface area contributed by atoms with Gasteiger partial charge in [0.2, 0.25) is 5.91 Å². The largest absolute Gasteiger partial charge is 0.497 e. The van der Waals surface area contributed by atoms with Gasteiger partial charge in [0, 0.05) is 24.8 Å². The lowest BCUT2D eigenvalue weighted by molar-refractivity contribution is -0.920. The van der Waals surface area contributed by atoms with Crippen LogP contribution in [0, 0.1) is 5.92 Å². The number of hydrogen-bond acceptors (Lipinski definition) is 5. The molecule has 1 saturated heterocycles. The molecule has 0 aliphatic carbocycles. The molecule has 0 spiro atoms. The fraction of sp³-hybridized carbons (Fsp3) is 0.348. The number of piperidine rings is 1. The molecular formula is C23H27N4O4+. The van der Waals surface area contributed by atoms with Crippen LogP contribution in [0.3, 0.4) is 0 Å². The van der Waals surface area contributed by atoms with Crippen LogP contribution < -0.4 is 25.7 Å². The number of benzene rings is 2. The molecule has 1 amide bonds. The van der Waals surface area contributed by atoms with Crippen LogP contribution in [0.2, 0.25) is 0 Å². The Morgan fingerprint density at radius 2 is 1.90 bits per heavy atom. The topological polar surface area (TPSA) is 101 Å². The zero-order valence-corrected chi connectivity index (χ0v) is 17.8. The van der Waals surface area contributed by atoms with Crippen LogP contribution in [0.4, 0.5) is 0 Å². The molecule has 31 heavy (non-hydrogen) atoms. The van der Waals surface area contributed by atoms with Crippen molar-refractivity contribution in [2.24, 2.45) is 11.7 Å². The Bertz CT molecular complexity index is 1170. The minimum Gasteiger partial charge on any atom is -0.497 e. The molecule has 3 aromatic rings. The highest BCUT2D eigenvalue weighted by atomic mass is 16.5. The molecular weight excluding hydrogens is 396 g/mol. The molecule has 8 nitrogen and oxygen atoms in total. The van der Waals surface area contributed by atoms with Gasteiger partial charge in [0.1, 0.15) is 18.0 Å². The number of likely N-dealkylation sites (tertiary alicyclic amines) is 1. The van der Waals surface area contributed by atoms with Crippen molar-refractivity contribution in [3.8, 4) is 17.2 Å². The van der Waals surface area contributed by atoms with Gasteiger partial charge in [0.05, 0.1) is 43.9 Å². The van der Waals surface area contributed by atoms with Gasteiger partial charge in [-0.2, -0.15) is 0 Å². The highest BCUT2D eigenvalue weighted by Gasteiger charge is 2.28. The first-order valence-corrected chi connectivity index (χ1v) is 10.4. The number of nitrogens with two attached hydrogens (primary N) is 1. The molecule has 1 aliphatic rings. The van der Waals surface area contributed by atoms with Crippen molar-refractivity contribution in [3.63, 3.8) is 0 Å². The number of carbonyl (C=O) groups is 1. The van der Waals surface area contributed by atoms with Crippen LogP contribution in [0.5, 0.6) is 11.5 Å². The summed E-state index contributed by atoms with van der Waals surface area (Å²) in [4.78, 5) is 31.2. The minimum atomic E-state index is -0.235. The molecule has 1 aromatic heterocycles. The molecule has 0 unspecified atom stereocenters. The van der Waals surface area contributed by atoms with E-state index in [-0.39, 0.29) is 17.4 Å². The second-order valence-corrected chi connectivity index (χ2v) is 7.83. The summed E-state index contributed by atoms with van der Waals surface area (Å²) in [5.74, 6) is 1.51.